The number of aliphatic carboxylic acids is 1. The molecule has 0 bridgehead atoms. The van der Waals surface area contributed by atoms with E-state index in [1.165, 1.54) is 31.0 Å². The minimum absolute atomic E-state index is 0.0251. The summed E-state index contributed by atoms with van der Waals surface area (Å²) in [5.41, 5.74) is 2.76. The molecule has 0 atom stereocenters. The Balaban J connectivity index is 2.23. The van der Waals surface area contributed by atoms with Gasteiger partial charge in [-0.3, -0.25) is 4.79 Å². The van der Waals surface area contributed by atoms with E-state index in [1.54, 1.807) is 0 Å². The summed E-state index contributed by atoms with van der Waals surface area (Å²) >= 11 is 1.26. The molecule has 1 N–H and O–H groups in total. The van der Waals surface area contributed by atoms with Gasteiger partial charge in [-0.25, -0.2) is 9.97 Å². The summed E-state index contributed by atoms with van der Waals surface area (Å²) in [6.07, 6.45) is 6.48. The van der Waals surface area contributed by atoms with E-state index in [0.29, 0.717) is 0 Å². The van der Waals surface area contributed by atoms with Gasteiger partial charge in [-0.1, -0.05) is 37.9 Å². The summed E-state index contributed by atoms with van der Waals surface area (Å²) in [5.74, 6) is -0.800. The van der Waals surface area contributed by atoms with E-state index in [4.69, 9.17) is 5.11 Å². The van der Waals surface area contributed by atoms with Gasteiger partial charge in [-0.05, 0) is 25.0 Å². The molecule has 114 valence electrons. The standard InChI is InChI=1S/C15H21N3O2S/c1-3-4-5-6-7-18-14-12(8-11(2)9-16-14)17-15(18)21-10-13(19)20/h8-9H,3-7,10H2,1-2H3,(H,19,20). The highest BCUT2D eigenvalue weighted by Gasteiger charge is 2.13. The highest BCUT2D eigenvalue weighted by Crippen LogP contribution is 2.24. The normalized spacial score (nSPS) is 11.1. The monoisotopic (exact) mass is 307 g/mol. The van der Waals surface area contributed by atoms with Gasteiger partial charge in [0, 0.05) is 12.7 Å². The number of imidazole rings is 1. The molecular formula is C15H21N3O2S. The van der Waals surface area contributed by atoms with Crippen molar-refractivity contribution >= 4 is 28.9 Å². The topological polar surface area (TPSA) is 68.0 Å². The van der Waals surface area contributed by atoms with E-state index < -0.39 is 5.97 Å². The van der Waals surface area contributed by atoms with Gasteiger partial charge in [0.15, 0.2) is 10.8 Å². The Bertz CT molecular complexity index is 625. The van der Waals surface area contributed by atoms with Crippen molar-refractivity contribution in [3.63, 3.8) is 0 Å². The first-order valence-electron chi connectivity index (χ1n) is 7.29. The summed E-state index contributed by atoms with van der Waals surface area (Å²) in [4.78, 5) is 19.8. The van der Waals surface area contributed by atoms with Crippen LogP contribution in [-0.2, 0) is 11.3 Å². The summed E-state index contributed by atoms with van der Waals surface area (Å²) in [5, 5.41) is 9.61. The lowest BCUT2D eigenvalue weighted by Gasteiger charge is -2.07. The van der Waals surface area contributed by atoms with E-state index in [9.17, 15) is 4.79 Å². The van der Waals surface area contributed by atoms with Crippen LogP contribution in [0.5, 0.6) is 0 Å². The van der Waals surface area contributed by atoms with Crippen LogP contribution in [0.15, 0.2) is 17.4 Å². The molecule has 2 rings (SSSR count). The Morgan fingerprint density at radius 3 is 2.90 bits per heavy atom. The number of unbranched alkanes of at least 4 members (excludes halogenated alkanes) is 3. The van der Waals surface area contributed by atoms with Crippen LogP contribution in [0.4, 0.5) is 0 Å². The fraction of sp³-hybridized carbons (Fsp3) is 0.533. The molecule has 0 amide bonds. The smallest absolute Gasteiger partial charge is 0.313 e. The minimum Gasteiger partial charge on any atom is -0.481 e. The molecule has 0 saturated carbocycles. The molecular weight excluding hydrogens is 286 g/mol. The SMILES string of the molecule is CCCCCCn1c(SCC(=O)O)nc2cc(C)cnc21. The van der Waals surface area contributed by atoms with E-state index >= 15 is 0 Å². The number of carboxylic acid groups (broad SMARTS) is 1. The first kappa shape index (κ1) is 15.8. The third-order valence-electron chi connectivity index (χ3n) is 3.25. The zero-order valence-electron chi connectivity index (χ0n) is 12.5. The number of nitrogens with zero attached hydrogens (tertiary/aromatic N) is 3. The molecule has 5 nitrogen and oxygen atoms in total. The van der Waals surface area contributed by atoms with Crippen LogP contribution < -0.4 is 0 Å². The van der Waals surface area contributed by atoms with Crippen molar-refractivity contribution < 1.29 is 9.90 Å². The van der Waals surface area contributed by atoms with Gasteiger partial charge in [0.2, 0.25) is 0 Å². The van der Waals surface area contributed by atoms with E-state index in [0.717, 1.165) is 34.8 Å². The Kier molecular flexibility index (Phi) is 5.61. The lowest BCUT2D eigenvalue weighted by atomic mass is 10.2. The molecule has 21 heavy (non-hydrogen) atoms. The summed E-state index contributed by atoms with van der Waals surface area (Å²) in [6.45, 7) is 5.01. The first-order chi connectivity index (χ1) is 10.1. The average molecular weight is 307 g/mol. The van der Waals surface area contributed by atoms with Crippen LogP contribution in [0.25, 0.3) is 11.2 Å². The number of carboxylic acids is 1. The molecule has 0 aliphatic carbocycles. The number of hydrogen-bond donors (Lipinski definition) is 1. The highest BCUT2D eigenvalue weighted by atomic mass is 32.2. The zero-order chi connectivity index (χ0) is 15.2. The maximum atomic E-state index is 10.8. The van der Waals surface area contributed by atoms with Crippen LogP contribution in [0.3, 0.4) is 0 Å². The van der Waals surface area contributed by atoms with E-state index in [-0.39, 0.29) is 5.75 Å². The molecule has 2 aromatic rings. The van der Waals surface area contributed by atoms with Gasteiger partial charge in [0.1, 0.15) is 5.52 Å². The predicted octanol–water partition coefficient (Wildman–Crippen LogP) is 3.50. The zero-order valence-corrected chi connectivity index (χ0v) is 13.3. The third-order valence-corrected chi connectivity index (χ3v) is 4.21. The van der Waals surface area contributed by atoms with Crippen molar-refractivity contribution in [2.75, 3.05) is 5.75 Å². The molecule has 0 unspecified atom stereocenters. The second kappa shape index (κ2) is 7.45. The molecule has 2 heterocycles. The maximum absolute atomic E-state index is 10.8. The average Bonchev–Trinajstić information content (AvgIpc) is 2.78. The number of carbonyl (C=O) groups is 1. The van der Waals surface area contributed by atoms with Crippen molar-refractivity contribution in [1.29, 1.82) is 0 Å². The number of aryl methyl sites for hydroxylation is 2. The van der Waals surface area contributed by atoms with Gasteiger partial charge in [-0.2, -0.15) is 0 Å². The highest BCUT2D eigenvalue weighted by molar-refractivity contribution is 7.99. The molecule has 6 heteroatoms. The molecule has 0 aliphatic heterocycles. The number of hydrogen-bond acceptors (Lipinski definition) is 4. The molecule has 0 fully saturated rings. The van der Waals surface area contributed by atoms with Gasteiger partial charge >= 0.3 is 5.97 Å². The Morgan fingerprint density at radius 1 is 1.38 bits per heavy atom. The van der Waals surface area contributed by atoms with Crippen molar-refractivity contribution in [2.45, 2.75) is 51.2 Å². The molecule has 0 saturated heterocycles. The van der Waals surface area contributed by atoms with Gasteiger partial charge in [-0.15, -0.1) is 0 Å². The molecule has 2 aromatic heterocycles. The van der Waals surface area contributed by atoms with E-state index in [1.807, 2.05) is 19.2 Å². The van der Waals surface area contributed by atoms with Crippen molar-refractivity contribution in [3.05, 3.63) is 17.8 Å². The third kappa shape index (κ3) is 4.20. The number of fused-ring (bicyclic) bond motifs is 1. The van der Waals surface area contributed by atoms with Crippen LogP contribution in [-0.4, -0.2) is 31.4 Å². The Morgan fingerprint density at radius 2 is 2.19 bits per heavy atom. The van der Waals surface area contributed by atoms with Crippen molar-refractivity contribution in [3.8, 4) is 0 Å². The van der Waals surface area contributed by atoms with Crippen molar-refractivity contribution in [1.82, 2.24) is 14.5 Å². The lowest BCUT2D eigenvalue weighted by Crippen LogP contribution is -2.04. The van der Waals surface area contributed by atoms with Crippen LogP contribution in [0.2, 0.25) is 0 Å². The van der Waals surface area contributed by atoms with Gasteiger partial charge in [0.05, 0.1) is 5.75 Å². The fourth-order valence-corrected chi connectivity index (χ4v) is 2.97. The van der Waals surface area contributed by atoms with Crippen LogP contribution >= 0.6 is 11.8 Å². The van der Waals surface area contributed by atoms with Gasteiger partial charge < -0.3 is 9.67 Å². The summed E-state index contributed by atoms with van der Waals surface area (Å²) in [7, 11) is 0. The number of thioether (sulfide) groups is 1. The Hall–Kier alpha value is -1.56. The number of rotatable bonds is 8. The maximum Gasteiger partial charge on any atom is 0.313 e. The molecule has 0 spiro atoms. The van der Waals surface area contributed by atoms with E-state index in [2.05, 4.69) is 21.5 Å². The largest absolute Gasteiger partial charge is 0.481 e. The second-order valence-corrected chi connectivity index (χ2v) is 6.09. The number of aromatic nitrogens is 3. The number of pyridine rings is 1. The quantitative estimate of drug-likeness (QED) is 0.597. The first-order valence-corrected chi connectivity index (χ1v) is 8.28. The predicted molar refractivity (Wildman–Crippen MR) is 84.8 cm³/mol. The molecule has 0 aromatic carbocycles. The van der Waals surface area contributed by atoms with Crippen molar-refractivity contribution in [2.24, 2.45) is 0 Å². The molecule has 0 radical (unpaired) electrons. The van der Waals surface area contributed by atoms with Crippen LogP contribution in [0.1, 0.15) is 38.2 Å². The Labute approximate surface area is 128 Å². The minimum atomic E-state index is -0.825. The summed E-state index contributed by atoms with van der Waals surface area (Å²) < 4.78 is 2.05. The molecule has 0 aliphatic rings. The van der Waals surface area contributed by atoms with Gasteiger partial charge in [0.25, 0.3) is 0 Å². The summed E-state index contributed by atoms with van der Waals surface area (Å²) in [6, 6.07) is 2.00. The van der Waals surface area contributed by atoms with Crippen LogP contribution in [0, 0.1) is 6.92 Å². The second-order valence-electron chi connectivity index (χ2n) is 5.14. The fourth-order valence-electron chi connectivity index (χ4n) is 2.23. The lowest BCUT2D eigenvalue weighted by molar-refractivity contribution is -0.133.